The number of H-pyrrole nitrogens is 1. The van der Waals surface area contributed by atoms with E-state index < -0.39 is 0 Å². The molecule has 0 aliphatic heterocycles. The van der Waals surface area contributed by atoms with Crippen LogP contribution in [0.4, 0.5) is 5.82 Å². The molecule has 0 unspecified atom stereocenters. The summed E-state index contributed by atoms with van der Waals surface area (Å²) in [6.45, 7) is 1.95. The van der Waals surface area contributed by atoms with Crippen molar-refractivity contribution in [2.24, 2.45) is 10.7 Å². The zero-order chi connectivity index (χ0) is 10.6. The van der Waals surface area contributed by atoms with Gasteiger partial charge < -0.3 is 16.0 Å². The lowest BCUT2D eigenvalue weighted by Gasteiger charge is -2.08. The van der Waals surface area contributed by atoms with Crippen molar-refractivity contribution in [2.75, 3.05) is 12.4 Å². The van der Waals surface area contributed by atoms with Crippen molar-refractivity contribution < 1.29 is 0 Å². The van der Waals surface area contributed by atoms with Gasteiger partial charge in [0.15, 0.2) is 5.96 Å². The van der Waals surface area contributed by atoms with Crippen molar-refractivity contribution in [3.8, 4) is 0 Å². The summed E-state index contributed by atoms with van der Waals surface area (Å²) in [5, 5.41) is 12.5. The van der Waals surface area contributed by atoms with Crippen LogP contribution in [0.15, 0.2) is 17.1 Å². The van der Waals surface area contributed by atoms with E-state index in [1.165, 1.54) is 0 Å². The summed E-state index contributed by atoms with van der Waals surface area (Å²) >= 11 is 0. The quantitative estimate of drug-likeness (QED) is 0.326. The predicted molar refractivity (Wildman–Crippen MR) is 57.6 cm³/mol. The van der Waals surface area contributed by atoms with E-state index in [2.05, 4.69) is 20.6 Å². The molecular weight excluding hydrogens is 180 g/mol. The molecule has 6 N–H and O–H groups in total. The van der Waals surface area contributed by atoms with Gasteiger partial charge in [0.2, 0.25) is 5.96 Å². The van der Waals surface area contributed by atoms with Crippen LogP contribution in [0.25, 0.3) is 0 Å². The molecule has 0 amide bonds. The number of nitrogens with one attached hydrogen (secondary N) is 4. The molecule has 6 nitrogen and oxygen atoms in total. The highest BCUT2D eigenvalue weighted by Crippen LogP contribution is 2.05. The summed E-state index contributed by atoms with van der Waals surface area (Å²) in [4.78, 5) is 6.96. The maximum atomic E-state index is 7.03. The minimum atomic E-state index is -0.152. The number of hydrogen-bond acceptors (Lipinski definition) is 2. The van der Waals surface area contributed by atoms with Gasteiger partial charge in [-0.25, -0.2) is 0 Å². The zero-order valence-corrected chi connectivity index (χ0v) is 8.18. The van der Waals surface area contributed by atoms with Crippen LogP contribution in [-0.2, 0) is 0 Å². The van der Waals surface area contributed by atoms with Gasteiger partial charge in [0.05, 0.1) is 0 Å². The van der Waals surface area contributed by atoms with Gasteiger partial charge in [0.1, 0.15) is 5.82 Å². The van der Waals surface area contributed by atoms with Crippen LogP contribution < -0.4 is 16.4 Å². The van der Waals surface area contributed by atoms with Crippen molar-refractivity contribution in [2.45, 2.75) is 6.92 Å². The Kier molecular flexibility index (Phi) is 3.11. The Hall–Kier alpha value is -1.98. The van der Waals surface area contributed by atoms with Gasteiger partial charge in [-0.1, -0.05) is 0 Å². The molecule has 0 atom stereocenters. The van der Waals surface area contributed by atoms with E-state index in [1.807, 2.05) is 19.1 Å². The molecule has 0 spiro atoms. The molecule has 76 valence electrons. The molecule has 0 radical (unpaired) electrons. The van der Waals surface area contributed by atoms with Gasteiger partial charge in [-0.15, -0.1) is 0 Å². The molecule has 0 fully saturated rings. The Morgan fingerprint density at radius 3 is 2.71 bits per heavy atom. The van der Waals surface area contributed by atoms with E-state index in [1.54, 1.807) is 7.05 Å². The van der Waals surface area contributed by atoms with Crippen LogP contribution in [-0.4, -0.2) is 24.0 Å². The molecule has 0 aliphatic rings. The number of aryl methyl sites for hydroxylation is 1. The monoisotopic (exact) mass is 194 g/mol. The van der Waals surface area contributed by atoms with E-state index >= 15 is 0 Å². The Morgan fingerprint density at radius 2 is 2.29 bits per heavy atom. The Bertz CT molecular complexity index is 350. The van der Waals surface area contributed by atoms with E-state index in [0.29, 0.717) is 5.96 Å². The van der Waals surface area contributed by atoms with Gasteiger partial charge in [-0.2, -0.15) is 0 Å². The highest BCUT2D eigenvalue weighted by molar-refractivity contribution is 6.03. The maximum Gasteiger partial charge on any atom is 0.203 e. The number of aliphatic imine (C=N–C) groups is 1. The first kappa shape index (κ1) is 10.1. The average Bonchev–Trinajstić information content (AvgIpc) is 2.49. The Morgan fingerprint density at radius 1 is 1.57 bits per heavy atom. The molecule has 1 rings (SSSR count). The molecule has 14 heavy (non-hydrogen) atoms. The van der Waals surface area contributed by atoms with Crippen LogP contribution in [0.3, 0.4) is 0 Å². The van der Waals surface area contributed by atoms with Crippen molar-refractivity contribution >= 4 is 17.7 Å². The molecule has 0 bridgehead atoms. The number of anilines is 1. The summed E-state index contributed by atoms with van der Waals surface area (Å²) < 4.78 is 0. The van der Waals surface area contributed by atoms with Gasteiger partial charge in [0.25, 0.3) is 0 Å². The van der Waals surface area contributed by atoms with Crippen LogP contribution in [0.5, 0.6) is 0 Å². The Balaban J connectivity index is 2.62. The number of hydrogen-bond donors (Lipinski definition) is 5. The summed E-state index contributed by atoms with van der Waals surface area (Å²) in [7, 11) is 1.61. The number of aromatic amines is 1. The van der Waals surface area contributed by atoms with E-state index in [4.69, 9.17) is 11.1 Å². The number of nitrogens with two attached hydrogens (primary N) is 1. The fourth-order valence-electron chi connectivity index (χ4n) is 0.975. The fourth-order valence-corrected chi connectivity index (χ4v) is 0.975. The van der Waals surface area contributed by atoms with Crippen LogP contribution in [0.2, 0.25) is 0 Å². The lowest BCUT2D eigenvalue weighted by atomic mass is 10.5. The van der Waals surface area contributed by atoms with Crippen molar-refractivity contribution in [3.05, 3.63) is 17.8 Å². The number of aromatic nitrogens is 1. The Labute approximate surface area is 82.1 Å². The summed E-state index contributed by atoms with van der Waals surface area (Å²) in [5.74, 6) is 1.08. The summed E-state index contributed by atoms with van der Waals surface area (Å²) in [5.41, 5.74) is 6.22. The minimum Gasteiger partial charge on any atom is -0.370 e. The van der Waals surface area contributed by atoms with E-state index in [9.17, 15) is 0 Å². The topological polar surface area (TPSA) is 102 Å². The van der Waals surface area contributed by atoms with Crippen LogP contribution in [0, 0.1) is 12.3 Å². The molecule has 1 aromatic rings. The van der Waals surface area contributed by atoms with Crippen molar-refractivity contribution in [1.82, 2.24) is 10.3 Å². The minimum absolute atomic E-state index is 0.152. The standard InChI is InChI=1S/C8H14N6/c1-5-3-4-6(12-5)13-8(11-2)14-7(9)10/h3-4,12H,1-2H3,(H5,9,10,11,13,14). The molecule has 0 saturated carbocycles. The molecule has 1 heterocycles. The lowest BCUT2D eigenvalue weighted by molar-refractivity contribution is 1.19. The fraction of sp³-hybridized carbons (Fsp3) is 0.250. The summed E-state index contributed by atoms with van der Waals surface area (Å²) in [6.07, 6.45) is 0. The number of guanidine groups is 2. The average molecular weight is 194 g/mol. The van der Waals surface area contributed by atoms with Gasteiger partial charge in [-0.05, 0) is 19.1 Å². The largest absolute Gasteiger partial charge is 0.370 e. The molecule has 0 aliphatic carbocycles. The van der Waals surface area contributed by atoms with Crippen LogP contribution >= 0.6 is 0 Å². The van der Waals surface area contributed by atoms with Crippen LogP contribution in [0.1, 0.15) is 5.69 Å². The molecule has 1 aromatic heterocycles. The lowest BCUT2D eigenvalue weighted by Crippen LogP contribution is -2.40. The second-order valence-electron chi connectivity index (χ2n) is 2.79. The first-order chi connectivity index (χ1) is 6.61. The third kappa shape index (κ3) is 2.81. The van der Waals surface area contributed by atoms with Gasteiger partial charge >= 0.3 is 0 Å². The molecule has 6 heteroatoms. The highest BCUT2D eigenvalue weighted by atomic mass is 15.2. The number of rotatable bonds is 1. The third-order valence-electron chi connectivity index (χ3n) is 1.56. The van der Waals surface area contributed by atoms with Crippen molar-refractivity contribution in [3.63, 3.8) is 0 Å². The van der Waals surface area contributed by atoms with E-state index in [0.717, 1.165) is 11.5 Å². The molecule has 0 saturated heterocycles. The van der Waals surface area contributed by atoms with Gasteiger partial charge in [-0.3, -0.25) is 15.7 Å². The number of nitrogens with zero attached hydrogens (tertiary/aromatic N) is 1. The smallest absolute Gasteiger partial charge is 0.203 e. The second-order valence-corrected chi connectivity index (χ2v) is 2.79. The maximum absolute atomic E-state index is 7.03. The predicted octanol–water partition coefficient (Wildman–Crippen LogP) is 0.204. The van der Waals surface area contributed by atoms with Gasteiger partial charge in [0, 0.05) is 12.7 Å². The van der Waals surface area contributed by atoms with E-state index in [-0.39, 0.29) is 5.96 Å². The van der Waals surface area contributed by atoms with Crippen molar-refractivity contribution in [1.29, 1.82) is 5.41 Å². The zero-order valence-electron chi connectivity index (χ0n) is 8.18. The third-order valence-corrected chi connectivity index (χ3v) is 1.56. The first-order valence-electron chi connectivity index (χ1n) is 4.12. The molecule has 0 aromatic carbocycles. The SMILES string of the molecule is C/N=C(/NC(=N)N)Nc1ccc(C)[nH]1. The second kappa shape index (κ2) is 4.31. The normalized spacial score (nSPS) is 11.1. The summed E-state index contributed by atoms with van der Waals surface area (Å²) in [6, 6.07) is 3.81. The highest BCUT2D eigenvalue weighted by Gasteiger charge is 2.00. The first-order valence-corrected chi connectivity index (χ1v) is 4.12. The molecular formula is C8H14N6.